The fourth-order valence-corrected chi connectivity index (χ4v) is 4.42. The number of aliphatic hydroxyl groups excluding tert-OH is 1. The Kier molecular flexibility index (Phi) is 6.94. The molecule has 8 nitrogen and oxygen atoms in total. The second-order valence-electron chi connectivity index (χ2n) is 9.14. The topological polar surface area (TPSA) is 94.7 Å². The van der Waals surface area contributed by atoms with Gasteiger partial charge in [0.05, 0.1) is 0 Å². The molecule has 1 amide bonds. The molecule has 180 valence electrons. The molecule has 1 aliphatic carbocycles. The van der Waals surface area contributed by atoms with Crippen molar-refractivity contribution in [2.24, 2.45) is 5.92 Å². The second kappa shape index (κ2) is 9.72. The first-order valence-corrected chi connectivity index (χ1v) is 11.5. The number of benzene rings is 1. The van der Waals surface area contributed by atoms with Crippen LogP contribution in [0, 0.1) is 12.8 Å². The van der Waals surface area contributed by atoms with E-state index in [2.05, 4.69) is 20.4 Å². The van der Waals surface area contributed by atoms with E-state index in [0.29, 0.717) is 31.9 Å². The molecule has 1 saturated heterocycles. The van der Waals surface area contributed by atoms with Crippen molar-refractivity contribution in [2.45, 2.75) is 65.1 Å². The van der Waals surface area contributed by atoms with Crippen molar-refractivity contribution >= 4 is 17.6 Å². The van der Waals surface area contributed by atoms with Crippen molar-refractivity contribution in [3.05, 3.63) is 34.7 Å². The first-order valence-electron chi connectivity index (χ1n) is 11.5. The summed E-state index contributed by atoms with van der Waals surface area (Å²) in [6.07, 6.45) is -0.449. The zero-order chi connectivity index (χ0) is 23.7. The van der Waals surface area contributed by atoms with Gasteiger partial charge < -0.3 is 19.7 Å². The first kappa shape index (κ1) is 23.6. The molecule has 10 heteroatoms. The van der Waals surface area contributed by atoms with Crippen molar-refractivity contribution < 1.29 is 23.1 Å². The molecule has 2 aromatic rings. The van der Waals surface area contributed by atoms with Crippen LogP contribution in [0.5, 0.6) is 0 Å². The van der Waals surface area contributed by atoms with Gasteiger partial charge in [0.15, 0.2) is 0 Å². The molecule has 0 unspecified atom stereocenters. The summed E-state index contributed by atoms with van der Waals surface area (Å²) in [5.74, 6) is 0.479. The highest BCUT2D eigenvalue weighted by Gasteiger charge is 2.34. The highest BCUT2D eigenvalue weighted by Crippen LogP contribution is 2.32. The Labute approximate surface area is 192 Å². The zero-order valence-corrected chi connectivity index (χ0v) is 19.2. The molecular weight excluding hydrogens is 432 g/mol. The van der Waals surface area contributed by atoms with Crippen molar-refractivity contribution in [1.29, 1.82) is 0 Å². The minimum atomic E-state index is -2.63. The lowest BCUT2D eigenvalue weighted by molar-refractivity contribution is -0.142. The Bertz CT molecular complexity index is 992. The number of amides is 1. The van der Waals surface area contributed by atoms with Crippen LogP contribution in [0.2, 0.25) is 0 Å². The Morgan fingerprint density at radius 1 is 1.30 bits per heavy atom. The standard InChI is InChI=1S/C23H31F2N5O3/c1-13-11-29(7-8-30(13)22(32)16-5-4-6-16)12-18-9-17(20(24)25)10-19(14(18)2)26-23-28-27-21(33-23)15(3)31/h9-10,13,15-16,20,31H,4-8,11-12H2,1-3H3,(H,26,28)/t13-,15-/m0/s1. The van der Waals surface area contributed by atoms with E-state index in [1.54, 1.807) is 0 Å². The molecule has 0 bridgehead atoms. The van der Waals surface area contributed by atoms with Gasteiger partial charge >= 0.3 is 6.01 Å². The van der Waals surface area contributed by atoms with E-state index in [-0.39, 0.29) is 35.3 Å². The first-order chi connectivity index (χ1) is 15.7. The number of hydrogen-bond acceptors (Lipinski definition) is 7. The molecule has 33 heavy (non-hydrogen) atoms. The summed E-state index contributed by atoms with van der Waals surface area (Å²) in [4.78, 5) is 16.9. The monoisotopic (exact) mass is 463 g/mol. The number of hydrogen-bond donors (Lipinski definition) is 2. The Balaban J connectivity index is 1.49. The van der Waals surface area contributed by atoms with E-state index >= 15 is 0 Å². The summed E-state index contributed by atoms with van der Waals surface area (Å²) < 4.78 is 32.6. The number of carbonyl (C=O) groups is 1. The number of carbonyl (C=O) groups excluding carboxylic acids is 1. The summed E-state index contributed by atoms with van der Waals surface area (Å²) in [5, 5.41) is 20.1. The Morgan fingerprint density at radius 2 is 2.06 bits per heavy atom. The lowest BCUT2D eigenvalue weighted by atomic mass is 9.84. The number of aliphatic hydroxyl groups is 1. The molecule has 4 rings (SSSR count). The van der Waals surface area contributed by atoms with E-state index in [4.69, 9.17) is 4.42 Å². The lowest BCUT2D eigenvalue weighted by Gasteiger charge is -2.42. The van der Waals surface area contributed by atoms with Crippen LogP contribution in [-0.2, 0) is 11.3 Å². The fourth-order valence-electron chi connectivity index (χ4n) is 4.42. The molecule has 1 saturated carbocycles. The number of nitrogens with zero attached hydrogens (tertiary/aromatic N) is 4. The van der Waals surface area contributed by atoms with Crippen LogP contribution < -0.4 is 5.32 Å². The average molecular weight is 464 g/mol. The van der Waals surface area contributed by atoms with E-state index in [1.807, 2.05) is 18.7 Å². The van der Waals surface area contributed by atoms with Crippen molar-refractivity contribution in [1.82, 2.24) is 20.0 Å². The molecule has 0 radical (unpaired) electrons. The number of piperazine rings is 1. The van der Waals surface area contributed by atoms with Crippen LogP contribution in [0.1, 0.15) is 68.2 Å². The third-order valence-corrected chi connectivity index (χ3v) is 6.67. The molecule has 2 heterocycles. The van der Waals surface area contributed by atoms with Gasteiger partial charge in [-0.2, -0.15) is 0 Å². The molecule has 0 spiro atoms. The predicted molar refractivity (Wildman–Crippen MR) is 118 cm³/mol. The van der Waals surface area contributed by atoms with Gasteiger partial charge in [0.25, 0.3) is 6.43 Å². The minimum absolute atomic E-state index is 0.0307. The van der Waals surface area contributed by atoms with Crippen LogP contribution in [0.15, 0.2) is 16.5 Å². The number of alkyl halides is 2. The molecule has 1 aromatic carbocycles. The molecular formula is C23H31F2N5O3. The molecule has 2 N–H and O–H groups in total. The van der Waals surface area contributed by atoms with Crippen LogP contribution in [0.25, 0.3) is 0 Å². The third-order valence-electron chi connectivity index (χ3n) is 6.67. The van der Waals surface area contributed by atoms with E-state index in [0.717, 1.165) is 30.4 Å². The number of halogens is 2. The third kappa shape index (κ3) is 5.16. The number of aromatic nitrogens is 2. The van der Waals surface area contributed by atoms with E-state index in [1.165, 1.54) is 19.1 Å². The summed E-state index contributed by atoms with van der Waals surface area (Å²) in [6, 6.07) is 3.04. The van der Waals surface area contributed by atoms with Crippen LogP contribution in [-0.4, -0.2) is 56.7 Å². The SMILES string of the molecule is Cc1c(CN2CCN(C(=O)C3CCC3)[C@@H](C)C2)cc(C(F)F)cc1Nc1nnc([C@H](C)O)o1. The maximum absolute atomic E-state index is 13.6. The van der Waals surface area contributed by atoms with Gasteiger partial charge in [0.2, 0.25) is 11.8 Å². The average Bonchev–Trinajstić information content (AvgIpc) is 3.18. The van der Waals surface area contributed by atoms with Gasteiger partial charge in [0.1, 0.15) is 6.10 Å². The van der Waals surface area contributed by atoms with Gasteiger partial charge in [-0.1, -0.05) is 11.5 Å². The normalized spacial score (nSPS) is 20.7. The van der Waals surface area contributed by atoms with E-state index < -0.39 is 12.5 Å². The van der Waals surface area contributed by atoms with Crippen LogP contribution in [0.4, 0.5) is 20.5 Å². The van der Waals surface area contributed by atoms with Crippen LogP contribution in [0.3, 0.4) is 0 Å². The largest absolute Gasteiger partial charge is 0.405 e. The van der Waals surface area contributed by atoms with Crippen molar-refractivity contribution in [3.63, 3.8) is 0 Å². The fraction of sp³-hybridized carbons (Fsp3) is 0.609. The van der Waals surface area contributed by atoms with Gasteiger partial charge in [-0.25, -0.2) is 8.78 Å². The highest BCUT2D eigenvalue weighted by molar-refractivity contribution is 5.80. The molecule has 2 atom stereocenters. The van der Waals surface area contributed by atoms with Crippen molar-refractivity contribution in [3.8, 4) is 0 Å². The number of anilines is 2. The molecule has 1 aromatic heterocycles. The summed E-state index contributed by atoms with van der Waals surface area (Å²) in [7, 11) is 0. The van der Waals surface area contributed by atoms with Crippen LogP contribution >= 0.6 is 0 Å². The molecule has 2 aliphatic rings. The zero-order valence-electron chi connectivity index (χ0n) is 19.2. The Hall–Kier alpha value is -2.59. The van der Waals surface area contributed by atoms with Gasteiger partial charge in [0, 0.05) is 49.4 Å². The van der Waals surface area contributed by atoms with Gasteiger partial charge in [-0.05, 0) is 56.9 Å². The number of nitrogens with one attached hydrogen (secondary N) is 1. The summed E-state index contributed by atoms with van der Waals surface area (Å²) >= 11 is 0. The molecule has 2 fully saturated rings. The smallest absolute Gasteiger partial charge is 0.320 e. The van der Waals surface area contributed by atoms with Crippen molar-refractivity contribution in [2.75, 3.05) is 25.0 Å². The number of rotatable bonds is 7. The Morgan fingerprint density at radius 3 is 2.64 bits per heavy atom. The van der Waals surface area contributed by atoms with E-state index in [9.17, 15) is 18.7 Å². The summed E-state index contributed by atoms with van der Waals surface area (Å²) in [6.45, 7) is 7.95. The maximum atomic E-state index is 13.6. The summed E-state index contributed by atoms with van der Waals surface area (Å²) in [5.41, 5.74) is 1.93. The maximum Gasteiger partial charge on any atom is 0.320 e. The quantitative estimate of drug-likeness (QED) is 0.642. The minimum Gasteiger partial charge on any atom is -0.405 e. The van der Waals surface area contributed by atoms with Gasteiger partial charge in [-0.3, -0.25) is 9.69 Å². The molecule has 1 aliphatic heterocycles. The lowest BCUT2D eigenvalue weighted by Crippen LogP contribution is -2.55. The predicted octanol–water partition coefficient (Wildman–Crippen LogP) is 3.95. The van der Waals surface area contributed by atoms with Gasteiger partial charge in [-0.15, -0.1) is 5.10 Å². The highest BCUT2D eigenvalue weighted by atomic mass is 19.3. The second-order valence-corrected chi connectivity index (χ2v) is 9.14.